The molecule has 2 aromatic rings. The van der Waals surface area contributed by atoms with Gasteiger partial charge in [-0.2, -0.15) is 8.42 Å². The number of hydrogen-bond donors (Lipinski definition) is 1. The van der Waals surface area contributed by atoms with Gasteiger partial charge >= 0.3 is 0 Å². The van der Waals surface area contributed by atoms with Gasteiger partial charge in [-0.15, -0.1) is 0 Å². The second-order valence-corrected chi connectivity index (χ2v) is 11.4. The summed E-state index contributed by atoms with van der Waals surface area (Å²) in [7, 11) is -0.597. The fraction of sp³-hybridized carbons (Fsp3) is 0.548. The zero-order valence-electron chi connectivity index (χ0n) is 25.8. The van der Waals surface area contributed by atoms with Crippen LogP contribution in [0.25, 0.3) is 0 Å². The number of oxime groups is 2. The summed E-state index contributed by atoms with van der Waals surface area (Å²) in [5.74, 6) is -0.245. The van der Waals surface area contributed by atoms with E-state index in [4.69, 9.17) is 23.3 Å². The SMILES string of the molecule is CC[C@@H](O)[C@@H](C)[C@@H](C=NOC)OCc1ccccc1.CC[C@@H](OS(C)(=O)=O)[C@@H](C)[C@@H](C=NOC)OCc1ccccc1. The molecular formula is C31H48N2O8S. The van der Waals surface area contributed by atoms with Crippen molar-refractivity contribution < 1.29 is 36.9 Å². The van der Waals surface area contributed by atoms with Crippen molar-refractivity contribution in [2.75, 3.05) is 20.5 Å². The van der Waals surface area contributed by atoms with E-state index in [1.807, 2.05) is 88.4 Å². The van der Waals surface area contributed by atoms with E-state index in [-0.39, 0.29) is 17.9 Å². The van der Waals surface area contributed by atoms with Gasteiger partial charge in [-0.05, 0) is 24.0 Å². The second-order valence-electron chi connectivity index (χ2n) is 9.84. The quantitative estimate of drug-likeness (QED) is 0.139. The van der Waals surface area contributed by atoms with E-state index in [1.165, 1.54) is 20.4 Å². The maximum absolute atomic E-state index is 11.4. The topological polar surface area (TPSA) is 125 Å². The maximum atomic E-state index is 11.4. The molecule has 0 amide bonds. The average Bonchev–Trinajstić information content (AvgIpc) is 2.99. The van der Waals surface area contributed by atoms with Gasteiger partial charge in [0.1, 0.15) is 26.4 Å². The van der Waals surface area contributed by atoms with E-state index in [1.54, 1.807) is 6.21 Å². The van der Waals surface area contributed by atoms with Crippen LogP contribution in [-0.4, -0.2) is 70.8 Å². The molecule has 11 heteroatoms. The minimum atomic E-state index is -3.53. The fourth-order valence-corrected chi connectivity index (χ4v) is 4.75. The van der Waals surface area contributed by atoms with E-state index in [0.29, 0.717) is 26.1 Å². The molecule has 42 heavy (non-hydrogen) atoms. The highest BCUT2D eigenvalue weighted by atomic mass is 32.2. The summed E-state index contributed by atoms with van der Waals surface area (Å²) in [6, 6.07) is 19.6. The molecule has 0 saturated carbocycles. The number of aliphatic hydroxyl groups excluding tert-OH is 1. The van der Waals surface area contributed by atoms with Gasteiger partial charge in [-0.25, -0.2) is 0 Å². The van der Waals surface area contributed by atoms with Crippen LogP contribution < -0.4 is 0 Å². The molecule has 0 aliphatic rings. The number of rotatable bonds is 18. The largest absolute Gasteiger partial charge is 0.399 e. The van der Waals surface area contributed by atoms with Crippen molar-refractivity contribution in [3.8, 4) is 0 Å². The van der Waals surface area contributed by atoms with Gasteiger partial charge in [-0.3, -0.25) is 4.18 Å². The minimum Gasteiger partial charge on any atom is -0.399 e. The van der Waals surface area contributed by atoms with Crippen molar-refractivity contribution in [2.24, 2.45) is 22.1 Å². The van der Waals surface area contributed by atoms with E-state index >= 15 is 0 Å². The molecule has 0 aromatic heterocycles. The third-order valence-electron chi connectivity index (χ3n) is 6.55. The molecule has 0 spiro atoms. The van der Waals surface area contributed by atoms with Crippen LogP contribution in [0.15, 0.2) is 71.0 Å². The summed E-state index contributed by atoms with van der Waals surface area (Å²) < 4.78 is 39.7. The zero-order valence-corrected chi connectivity index (χ0v) is 26.6. The Bertz CT molecular complexity index is 1120. The van der Waals surface area contributed by atoms with Crippen LogP contribution in [0.2, 0.25) is 0 Å². The average molecular weight is 609 g/mol. The van der Waals surface area contributed by atoms with Gasteiger partial charge in [0.05, 0.1) is 44.1 Å². The van der Waals surface area contributed by atoms with Crippen LogP contribution in [0.3, 0.4) is 0 Å². The van der Waals surface area contributed by atoms with Crippen LogP contribution in [0.5, 0.6) is 0 Å². The molecule has 10 nitrogen and oxygen atoms in total. The molecule has 0 saturated heterocycles. The molecule has 2 aromatic carbocycles. The first kappa shape index (κ1) is 37.2. The number of benzene rings is 2. The van der Waals surface area contributed by atoms with Crippen molar-refractivity contribution in [1.82, 2.24) is 0 Å². The Labute approximate surface area is 251 Å². The second kappa shape index (κ2) is 21.0. The Kier molecular flexibility index (Phi) is 18.6. The lowest BCUT2D eigenvalue weighted by Crippen LogP contribution is -2.35. The molecular weight excluding hydrogens is 560 g/mol. The van der Waals surface area contributed by atoms with E-state index in [2.05, 4.69) is 10.3 Å². The molecule has 2 rings (SSSR count). The number of hydrogen-bond acceptors (Lipinski definition) is 10. The number of aliphatic hydroxyl groups is 1. The summed E-state index contributed by atoms with van der Waals surface area (Å²) >= 11 is 0. The molecule has 6 atom stereocenters. The standard InChI is InChI=1S/C16H25NO5S.C15H23NO3/c1-5-15(22-23(4,18)19)13(2)16(11-17-20-3)21-12-14-9-7-6-8-10-14;1-4-14(17)12(2)15(10-16-18-3)19-11-13-8-6-5-7-9-13/h6-11,13,15-16H,5,12H2,1-4H3;5-10,12,14-15,17H,4,11H2,1-3H3/t13-,15-,16-;12-,14-,15-/m11/s1. The summed E-state index contributed by atoms with van der Waals surface area (Å²) in [5, 5.41) is 17.4. The van der Waals surface area contributed by atoms with Gasteiger partial charge in [-0.1, -0.05) is 98.7 Å². The predicted molar refractivity (Wildman–Crippen MR) is 166 cm³/mol. The molecule has 0 unspecified atom stereocenters. The van der Waals surface area contributed by atoms with Crippen LogP contribution in [0, 0.1) is 11.8 Å². The molecule has 0 heterocycles. The summed E-state index contributed by atoms with van der Waals surface area (Å²) in [6.45, 7) is 8.52. The lowest BCUT2D eigenvalue weighted by Gasteiger charge is -2.27. The van der Waals surface area contributed by atoms with E-state index < -0.39 is 28.4 Å². The van der Waals surface area contributed by atoms with Gasteiger partial charge in [0, 0.05) is 11.8 Å². The summed E-state index contributed by atoms with van der Waals surface area (Å²) in [4.78, 5) is 9.41. The number of nitrogens with zero attached hydrogens (tertiary/aromatic N) is 2. The smallest absolute Gasteiger partial charge is 0.264 e. The van der Waals surface area contributed by atoms with Gasteiger partial charge in [0.25, 0.3) is 10.1 Å². The fourth-order valence-electron chi connectivity index (χ4n) is 3.99. The normalized spacial score (nSPS) is 16.2. The van der Waals surface area contributed by atoms with Crippen molar-refractivity contribution in [3.05, 3.63) is 71.8 Å². The minimum absolute atomic E-state index is 0.0346. The molecule has 236 valence electrons. The van der Waals surface area contributed by atoms with E-state index in [9.17, 15) is 13.5 Å². The van der Waals surface area contributed by atoms with Crippen molar-refractivity contribution in [2.45, 2.75) is 78.2 Å². The maximum Gasteiger partial charge on any atom is 0.264 e. The Hall–Kier alpha value is -2.83. The number of ether oxygens (including phenoxy) is 2. The molecule has 0 radical (unpaired) electrons. The molecule has 0 aliphatic carbocycles. The molecule has 1 N–H and O–H groups in total. The van der Waals surface area contributed by atoms with Crippen molar-refractivity contribution in [3.63, 3.8) is 0 Å². The third kappa shape index (κ3) is 15.4. The Morgan fingerprint density at radius 2 is 1.19 bits per heavy atom. The Morgan fingerprint density at radius 1 is 0.762 bits per heavy atom. The first-order chi connectivity index (χ1) is 20.1. The Morgan fingerprint density at radius 3 is 1.55 bits per heavy atom. The van der Waals surface area contributed by atoms with Crippen LogP contribution in [0.1, 0.15) is 51.7 Å². The van der Waals surface area contributed by atoms with Crippen LogP contribution >= 0.6 is 0 Å². The predicted octanol–water partition coefficient (Wildman–Crippen LogP) is 5.21. The van der Waals surface area contributed by atoms with Gasteiger partial charge in [0.15, 0.2) is 0 Å². The molecule has 0 fully saturated rings. The van der Waals surface area contributed by atoms with Crippen LogP contribution in [0.4, 0.5) is 0 Å². The third-order valence-corrected chi connectivity index (χ3v) is 7.14. The van der Waals surface area contributed by atoms with E-state index in [0.717, 1.165) is 17.4 Å². The monoisotopic (exact) mass is 608 g/mol. The van der Waals surface area contributed by atoms with Crippen molar-refractivity contribution >= 4 is 22.5 Å². The van der Waals surface area contributed by atoms with Gasteiger partial charge in [0.2, 0.25) is 0 Å². The highest BCUT2D eigenvalue weighted by Gasteiger charge is 2.28. The van der Waals surface area contributed by atoms with Crippen LogP contribution in [-0.2, 0) is 46.7 Å². The Balaban J connectivity index is 0.000000428. The first-order valence-electron chi connectivity index (χ1n) is 14.1. The van der Waals surface area contributed by atoms with Gasteiger partial charge < -0.3 is 24.3 Å². The van der Waals surface area contributed by atoms with Crippen molar-refractivity contribution in [1.29, 1.82) is 0 Å². The highest BCUT2D eigenvalue weighted by molar-refractivity contribution is 7.86. The summed E-state index contributed by atoms with van der Waals surface area (Å²) in [6.07, 6.45) is 3.81. The summed E-state index contributed by atoms with van der Waals surface area (Å²) in [5.41, 5.74) is 2.11. The molecule has 0 aliphatic heterocycles. The first-order valence-corrected chi connectivity index (χ1v) is 15.9. The molecule has 0 bridgehead atoms. The lowest BCUT2D eigenvalue weighted by molar-refractivity contribution is -0.00263. The lowest BCUT2D eigenvalue weighted by atomic mass is 9.97. The highest BCUT2D eigenvalue weighted by Crippen LogP contribution is 2.20. The zero-order chi connectivity index (χ0) is 31.4.